The van der Waals surface area contributed by atoms with E-state index in [1.807, 2.05) is 6.07 Å². The first-order valence-corrected chi connectivity index (χ1v) is 13.8. The predicted molar refractivity (Wildman–Crippen MR) is 158 cm³/mol. The topological polar surface area (TPSA) is 186 Å². The van der Waals surface area contributed by atoms with Gasteiger partial charge in [0.15, 0.2) is 24.5 Å². The number of carbonyl (C=O) groups is 4. The summed E-state index contributed by atoms with van der Waals surface area (Å²) in [5, 5.41) is 10.2. The van der Waals surface area contributed by atoms with Gasteiger partial charge in [-0.3, -0.25) is 28.5 Å². The Bertz CT molecular complexity index is 1700. The number of nitriles is 1. The molecule has 13 heteroatoms. The number of benzene rings is 2. The standard InChI is InChI=1S/C32H31N3O10/c1-17(36)41-16-27-28(42-18(2)37)29(43-19(3)38)30(44-20(4)39)32(45-27)35-26(22-10-12-23(34)13-11-22)14-24(25(15-33)31(35)40)21-8-6-5-7-9-21/h5-14,27-30,32H,16,34H2,1-4H3/t27-,28+,29+,30-,32-/m1/s1. The zero-order chi connectivity index (χ0) is 32.8. The summed E-state index contributed by atoms with van der Waals surface area (Å²) in [5.41, 5.74) is 6.87. The van der Waals surface area contributed by atoms with Gasteiger partial charge in [0.1, 0.15) is 24.3 Å². The van der Waals surface area contributed by atoms with Gasteiger partial charge in [-0.15, -0.1) is 0 Å². The molecular formula is C32H31N3O10. The van der Waals surface area contributed by atoms with Gasteiger partial charge in [-0.05, 0) is 29.3 Å². The fourth-order valence-corrected chi connectivity index (χ4v) is 5.12. The van der Waals surface area contributed by atoms with Crippen molar-refractivity contribution in [2.45, 2.75) is 58.3 Å². The molecule has 0 unspecified atom stereocenters. The van der Waals surface area contributed by atoms with Crippen LogP contribution in [0.15, 0.2) is 65.5 Å². The van der Waals surface area contributed by atoms with Gasteiger partial charge in [0.2, 0.25) is 0 Å². The van der Waals surface area contributed by atoms with Crippen molar-refractivity contribution in [3.05, 3.63) is 76.6 Å². The van der Waals surface area contributed by atoms with Crippen molar-refractivity contribution >= 4 is 29.6 Å². The third kappa shape index (κ3) is 7.36. The second-order valence-electron chi connectivity index (χ2n) is 10.2. The van der Waals surface area contributed by atoms with Crippen molar-refractivity contribution in [2.75, 3.05) is 12.3 Å². The highest BCUT2D eigenvalue weighted by Crippen LogP contribution is 2.38. The quantitative estimate of drug-likeness (QED) is 0.222. The highest BCUT2D eigenvalue weighted by atomic mass is 16.7. The van der Waals surface area contributed by atoms with Crippen LogP contribution in [0.25, 0.3) is 22.4 Å². The second kappa shape index (κ2) is 13.9. The number of nitrogens with two attached hydrogens (primary N) is 1. The smallest absolute Gasteiger partial charge is 0.303 e. The van der Waals surface area contributed by atoms with E-state index in [4.69, 9.17) is 29.4 Å². The summed E-state index contributed by atoms with van der Waals surface area (Å²) in [4.78, 5) is 63.0. The van der Waals surface area contributed by atoms with E-state index < -0.39 is 66.7 Å². The number of nitrogen functional groups attached to an aromatic ring is 1. The van der Waals surface area contributed by atoms with Crippen molar-refractivity contribution in [3.63, 3.8) is 0 Å². The number of nitrogens with zero attached hydrogens (tertiary/aromatic N) is 2. The molecule has 1 saturated heterocycles. The lowest BCUT2D eigenvalue weighted by Gasteiger charge is -2.45. The number of aromatic nitrogens is 1. The molecule has 4 rings (SSSR count). The molecule has 45 heavy (non-hydrogen) atoms. The zero-order valence-electron chi connectivity index (χ0n) is 24.9. The summed E-state index contributed by atoms with van der Waals surface area (Å²) in [6, 6.07) is 18.9. The number of hydrogen-bond donors (Lipinski definition) is 1. The van der Waals surface area contributed by atoms with Crippen LogP contribution in [0.5, 0.6) is 0 Å². The molecule has 0 saturated carbocycles. The molecule has 2 N–H and O–H groups in total. The maximum atomic E-state index is 14.4. The third-order valence-corrected chi connectivity index (χ3v) is 6.87. The van der Waals surface area contributed by atoms with Gasteiger partial charge in [0.25, 0.3) is 5.56 Å². The molecule has 0 bridgehead atoms. The van der Waals surface area contributed by atoms with E-state index in [1.54, 1.807) is 60.7 Å². The first-order valence-electron chi connectivity index (χ1n) is 13.8. The Kier molecular flexibility index (Phi) is 10.00. The highest BCUT2D eigenvalue weighted by Gasteiger charge is 2.53. The summed E-state index contributed by atoms with van der Waals surface area (Å²) in [6.45, 7) is 3.95. The van der Waals surface area contributed by atoms with Crippen molar-refractivity contribution in [3.8, 4) is 28.5 Å². The number of anilines is 1. The summed E-state index contributed by atoms with van der Waals surface area (Å²) >= 11 is 0. The lowest BCUT2D eigenvalue weighted by molar-refractivity contribution is -0.268. The normalized spacial score (nSPS) is 20.7. The molecule has 0 spiro atoms. The Balaban J connectivity index is 2.05. The Morgan fingerprint density at radius 2 is 1.40 bits per heavy atom. The summed E-state index contributed by atoms with van der Waals surface area (Å²) in [6.07, 6.45) is -7.43. The Hall–Kier alpha value is -5.48. The number of carbonyl (C=O) groups excluding carboxylic acids is 4. The average molecular weight is 618 g/mol. The lowest BCUT2D eigenvalue weighted by Crippen LogP contribution is -2.61. The van der Waals surface area contributed by atoms with Crippen LogP contribution < -0.4 is 11.3 Å². The van der Waals surface area contributed by atoms with Gasteiger partial charge in [-0.25, -0.2) is 0 Å². The first-order chi connectivity index (χ1) is 21.4. The SMILES string of the molecule is CC(=O)OC[C@H]1O[C@@H](n2c(-c3ccc(N)cc3)cc(-c3ccccc3)c(C#N)c2=O)[C@H](OC(C)=O)[C@@H](OC(C)=O)[C@H]1OC(C)=O. The fraction of sp³-hybridized carbons (Fsp3) is 0.312. The lowest BCUT2D eigenvalue weighted by atomic mass is 9.94. The van der Waals surface area contributed by atoms with E-state index in [9.17, 15) is 29.2 Å². The van der Waals surface area contributed by atoms with Crippen LogP contribution >= 0.6 is 0 Å². The van der Waals surface area contributed by atoms with Crippen molar-refractivity contribution < 1.29 is 42.9 Å². The van der Waals surface area contributed by atoms with Crippen molar-refractivity contribution in [1.82, 2.24) is 4.57 Å². The average Bonchev–Trinajstić information content (AvgIpc) is 2.98. The molecule has 1 aromatic heterocycles. The number of rotatable bonds is 8. The third-order valence-electron chi connectivity index (χ3n) is 6.87. The van der Waals surface area contributed by atoms with Crippen LogP contribution in [0.3, 0.4) is 0 Å². The van der Waals surface area contributed by atoms with Crippen LogP contribution in [0.2, 0.25) is 0 Å². The fourth-order valence-electron chi connectivity index (χ4n) is 5.12. The van der Waals surface area contributed by atoms with Crippen LogP contribution in [0.1, 0.15) is 39.5 Å². The van der Waals surface area contributed by atoms with Crippen molar-refractivity contribution in [2.24, 2.45) is 0 Å². The molecule has 1 aliphatic heterocycles. The van der Waals surface area contributed by atoms with Gasteiger partial charge in [-0.2, -0.15) is 5.26 Å². The van der Waals surface area contributed by atoms with E-state index in [0.29, 0.717) is 22.4 Å². The number of pyridine rings is 1. The highest BCUT2D eigenvalue weighted by molar-refractivity contribution is 5.76. The van der Waals surface area contributed by atoms with Gasteiger partial charge < -0.3 is 29.4 Å². The van der Waals surface area contributed by atoms with Gasteiger partial charge in [-0.1, -0.05) is 42.5 Å². The number of hydrogen-bond acceptors (Lipinski definition) is 12. The molecule has 1 aliphatic rings. The van der Waals surface area contributed by atoms with E-state index in [-0.39, 0.29) is 11.3 Å². The zero-order valence-corrected chi connectivity index (χ0v) is 24.9. The monoisotopic (exact) mass is 617 g/mol. The number of ether oxygens (including phenoxy) is 5. The van der Waals surface area contributed by atoms with Crippen molar-refractivity contribution in [1.29, 1.82) is 5.26 Å². The number of esters is 4. The molecule has 2 aromatic carbocycles. The minimum absolute atomic E-state index is 0.221. The Morgan fingerprint density at radius 3 is 1.96 bits per heavy atom. The molecule has 2 heterocycles. The molecule has 234 valence electrons. The van der Waals surface area contributed by atoms with E-state index >= 15 is 0 Å². The van der Waals surface area contributed by atoms with Crippen LogP contribution in [0.4, 0.5) is 5.69 Å². The summed E-state index contributed by atoms with van der Waals surface area (Å²) < 4.78 is 29.2. The molecule has 1 fully saturated rings. The van der Waals surface area contributed by atoms with Crippen LogP contribution in [-0.2, 0) is 42.9 Å². The maximum absolute atomic E-state index is 14.4. The van der Waals surface area contributed by atoms with E-state index in [2.05, 4.69) is 0 Å². The minimum atomic E-state index is -1.58. The maximum Gasteiger partial charge on any atom is 0.303 e. The van der Waals surface area contributed by atoms with Gasteiger partial charge in [0, 0.05) is 38.9 Å². The molecule has 0 radical (unpaired) electrons. The van der Waals surface area contributed by atoms with E-state index in [1.165, 1.54) is 0 Å². The molecule has 0 aliphatic carbocycles. The van der Waals surface area contributed by atoms with Crippen LogP contribution in [-0.4, -0.2) is 59.5 Å². The largest absolute Gasteiger partial charge is 0.463 e. The summed E-state index contributed by atoms with van der Waals surface area (Å²) in [7, 11) is 0. The second-order valence-corrected chi connectivity index (χ2v) is 10.2. The Morgan fingerprint density at radius 1 is 0.822 bits per heavy atom. The van der Waals surface area contributed by atoms with Gasteiger partial charge >= 0.3 is 23.9 Å². The van der Waals surface area contributed by atoms with E-state index in [0.717, 1.165) is 32.3 Å². The molecule has 5 atom stereocenters. The first kappa shape index (κ1) is 32.4. The molecule has 3 aromatic rings. The molecule has 0 amide bonds. The molecular weight excluding hydrogens is 586 g/mol. The minimum Gasteiger partial charge on any atom is -0.463 e. The molecule has 13 nitrogen and oxygen atoms in total. The summed E-state index contributed by atoms with van der Waals surface area (Å²) in [5.74, 6) is -3.16. The van der Waals surface area contributed by atoms with Crippen LogP contribution in [0, 0.1) is 11.3 Å². The van der Waals surface area contributed by atoms with Gasteiger partial charge in [0.05, 0.1) is 5.69 Å². The predicted octanol–water partition coefficient (Wildman–Crippen LogP) is 2.89. The Labute approximate surface area is 258 Å².